The normalized spacial score (nSPS) is 16.3. The van der Waals surface area contributed by atoms with Crippen molar-refractivity contribution in [1.29, 1.82) is 0 Å². The summed E-state index contributed by atoms with van der Waals surface area (Å²) in [5.74, 6) is 0.427. The third-order valence-electron chi connectivity index (χ3n) is 6.79. The van der Waals surface area contributed by atoms with Gasteiger partial charge in [-0.15, -0.1) is 0 Å². The number of hydrogen-bond acceptors (Lipinski definition) is 6. The van der Waals surface area contributed by atoms with Gasteiger partial charge in [0.2, 0.25) is 0 Å². The number of nitrogens with two attached hydrogens (primary N) is 1. The molecule has 3 aromatic heterocycles. The molecule has 7 heteroatoms. The molecule has 0 bridgehead atoms. The summed E-state index contributed by atoms with van der Waals surface area (Å²) < 4.78 is 2.13. The average Bonchev–Trinajstić information content (AvgIpc) is 3.24. The lowest BCUT2D eigenvalue weighted by molar-refractivity contribution is 0.124. The van der Waals surface area contributed by atoms with Gasteiger partial charge in [0.05, 0.1) is 23.6 Å². The highest BCUT2D eigenvalue weighted by Crippen LogP contribution is 2.31. The third kappa shape index (κ3) is 4.42. The lowest BCUT2D eigenvalue weighted by Crippen LogP contribution is -2.40. The lowest BCUT2D eigenvalue weighted by Gasteiger charge is -2.37. The number of likely N-dealkylation sites (tertiary alicyclic amines) is 1. The van der Waals surface area contributed by atoms with Gasteiger partial charge in [-0.25, -0.2) is 15.0 Å². The number of rotatable bonds is 6. The number of anilines is 1. The van der Waals surface area contributed by atoms with E-state index >= 15 is 0 Å². The van der Waals surface area contributed by atoms with Crippen molar-refractivity contribution in [2.24, 2.45) is 5.41 Å². The van der Waals surface area contributed by atoms with E-state index in [2.05, 4.69) is 48.5 Å². The lowest BCUT2D eigenvalue weighted by atomic mass is 9.89. The van der Waals surface area contributed by atoms with Crippen molar-refractivity contribution < 1.29 is 0 Å². The quantitative estimate of drug-likeness (QED) is 0.634. The number of pyridine rings is 1. The van der Waals surface area contributed by atoms with Crippen LogP contribution in [0.15, 0.2) is 18.6 Å². The summed E-state index contributed by atoms with van der Waals surface area (Å²) in [6.07, 6.45) is 10.1. The van der Waals surface area contributed by atoms with Crippen LogP contribution >= 0.6 is 0 Å². The molecular formula is C24H35N7. The Morgan fingerprint density at radius 3 is 2.52 bits per heavy atom. The molecule has 3 aromatic rings. The van der Waals surface area contributed by atoms with E-state index in [-0.39, 0.29) is 0 Å². The molecule has 0 amide bonds. The van der Waals surface area contributed by atoms with Crippen LogP contribution in [0.3, 0.4) is 0 Å². The van der Waals surface area contributed by atoms with Gasteiger partial charge in [-0.3, -0.25) is 4.68 Å². The maximum absolute atomic E-state index is 6.13. The van der Waals surface area contributed by atoms with Gasteiger partial charge in [-0.05, 0) is 38.0 Å². The first kappa shape index (κ1) is 21.7. The molecule has 1 fully saturated rings. The number of fused-ring (bicyclic) bond motifs is 1. The highest BCUT2D eigenvalue weighted by molar-refractivity contribution is 5.95. The molecule has 1 aliphatic heterocycles. The fourth-order valence-electron chi connectivity index (χ4n) is 4.46. The van der Waals surface area contributed by atoms with Crippen molar-refractivity contribution in [3.05, 3.63) is 30.0 Å². The molecule has 7 nitrogen and oxygen atoms in total. The number of aryl methyl sites for hydroxylation is 2. The molecule has 0 unspecified atom stereocenters. The van der Waals surface area contributed by atoms with Crippen molar-refractivity contribution in [1.82, 2.24) is 29.6 Å². The van der Waals surface area contributed by atoms with Crippen molar-refractivity contribution >= 4 is 16.9 Å². The Labute approximate surface area is 185 Å². The van der Waals surface area contributed by atoms with E-state index in [0.29, 0.717) is 22.8 Å². The highest BCUT2D eigenvalue weighted by Gasteiger charge is 2.26. The van der Waals surface area contributed by atoms with Gasteiger partial charge >= 0.3 is 0 Å². The Balaban J connectivity index is 1.55. The van der Waals surface area contributed by atoms with Crippen LogP contribution in [0, 0.1) is 12.3 Å². The number of aromatic nitrogens is 5. The number of nitrogen functional groups attached to an aromatic ring is 1. The average molecular weight is 422 g/mol. The molecule has 2 N–H and O–H groups in total. The minimum Gasteiger partial charge on any atom is -0.382 e. The van der Waals surface area contributed by atoms with Crippen LogP contribution in [-0.2, 0) is 6.42 Å². The van der Waals surface area contributed by atoms with Crippen molar-refractivity contribution in [2.45, 2.75) is 66.3 Å². The van der Waals surface area contributed by atoms with E-state index in [1.165, 1.54) is 13.0 Å². The Hall–Kier alpha value is -2.54. The smallest absolute Gasteiger partial charge is 0.151 e. The molecule has 0 radical (unpaired) electrons. The van der Waals surface area contributed by atoms with Crippen LogP contribution < -0.4 is 5.73 Å². The molecule has 1 saturated heterocycles. The van der Waals surface area contributed by atoms with Crippen LogP contribution in [-0.4, -0.2) is 49.3 Å². The fraction of sp³-hybridized carbons (Fsp3) is 0.583. The van der Waals surface area contributed by atoms with Crippen molar-refractivity contribution in [3.8, 4) is 11.1 Å². The SMILES string of the molecule is CCc1nc2c(N)ncc(-c3cnn(C4CCN(CC(C)(C)CC)CC4)c3)c2nc1C. The van der Waals surface area contributed by atoms with Crippen LogP contribution in [0.5, 0.6) is 0 Å². The number of hydrogen-bond donors (Lipinski definition) is 1. The monoisotopic (exact) mass is 421 g/mol. The molecule has 4 rings (SSSR count). The maximum atomic E-state index is 6.13. The second kappa shape index (κ2) is 8.54. The molecule has 0 aromatic carbocycles. The first-order valence-corrected chi connectivity index (χ1v) is 11.5. The molecular weight excluding hydrogens is 386 g/mol. The third-order valence-corrected chi connectivity index (χ3v) is 6.79. The minimum atomic E-state index is 0.381. The second-order valence-electron chi connectivity index (χ2n) is 9.60. The summed E-state index contributed by atoms with van der Waals surface area (Å²) in [4.78, 5) is 16.6. The predicted octanol–water partition coefficient (Wildman–Crippen LogP) is 4.41. The molecule has 0 aliphatic carbocycles. The number of nitrogens with zero attached hydrogens (tertiary/aromatic N) is 6. The van der Waals surface area contributed by atoms with Gasteiger partial charge in [-0.2, -0.15) is 5.10 Å². The molecule has 0 spiro atoms. The predicted molar refractivity (Wildman–Crippen MR) is 126 cm³/mol. The summed E-state index contributed by atoms with van der Waals surface area (Å²) in [6.45, 7) is 14.5. The van der Waals surface area contributed by atoms with Gasteiger partial charge in [0, 0.05) is 43.2 Å². The van der Waals surface area contributed by atoms with Crippen LogP contribution in [0.25, 0.3) is 22.2 Å². The summed E-state index contributed by atoms with van der Waals surface area (Å²) >= 11 is 0. The molecule has 0 atom stereocenters. The van der Waals surface area contributed by atoms with Crippen LogP contribution in [0.1, 0.15) is 64.4 Å². The topological polar surface area (TPSA) is 85.8 Å². The van der Waals surface area contributed by atoms with Gasteiger partial charge < -0.3 is 10.6 Å². The molecule has 166 valence electrons. The van der Waals surface area contributed by atoms with Gasteiger partial charge in [0.25, 0.3) is 0 Å². The van der Waals surface area contributed by atoms with Gasteiger partial charge in [-0.1, -0.05) is 27.7 Å². The zero-order chi connectivity index (χ0) is 22.2. The Kier molecular flexibility index (Phi) is 5.97. The first-order chi connectivity index (χ1) is 14.8. The summed E-state index contributed by atoms with van der Waals surface area (Å²) in [6, 6.07) is 0.433. The van der Waals surface area contributed by atoms with Gasteiger partial charge in [0.15, 0.2) is 5.82 Å². The van der Waals surface area contributed by atoms with E-state index < -0.39 is 0 Å². The maximum Gasteiger partial charge on any atom is 0.151 e. The molecule has 31 heavy (non-hydrogen) atoms. The standard InChI is InChI=1S/C24H35N7/c1-6-20-16(3)28-21-19(13-26-23(25)22(21)29-20)17-12-27-31(14-17)18-8-10-30(11-9-18)15-24(4,5)7-2/h12-14,18H,6-11,15H2,1-5H3,(H2,25,26). The first-order valence-electron chi connectivity index (χ1n) is 11.5. The summed E-state index contributed by atoms with van der Waals surface area (Å²) in [7, 11) is 0. The minimum absolute atomic E-state index is 0.381. The van der Waals surface area contributed by atoms with E-state index in [9.17, 15) is 0 Å². The van der Waals surface area contributed by atoms with Crippen LogP contribution in [0.2, 0.25) is 0 Å². The van der Waals surface area contributed by atoms with E-state index in [0.717, 1.165) is 60.4 Å². The molecule has 4 heterocycles. The second-order valence-corrected chi connectivity index (χ2v) is 9.60. The summed E-state index contributed by atoms with van der Waals surface area (Å²) in [5, 5.41) is 4.71. The van der Waals surface area contributed by atoms with E-state index in [1.807, 2.05) is 13.1 Å². The zero-order valence-corrected chi connectivity index (χ0v) is 19.5. The Morgan fingerprint density at radius 1 is 1.10 bits per heavy atom. The summed E-state index contributed by atoms with van der Waals surface area (Å²) in [5.41, 5.74) is 11.9. The fourth-order valence-corrected chi connectivity index (χ4v) is 4.46. The van der Waals surface area contributed by atoms with Gasteiger partial charge in [0.1, 0.15) is 11.0 Å². The number of piperidine rings is 1. The molecule has 1 aliphatic rings. The van der Waals surface area contributed by atoms with Crippen molar-refractivity contribution in [2.75, 3.05) is 25.4 Å². The van der Waals surface area contributed by atoms with Crippen molar-refractivity contribution in [3.63, 3.8) is 0 Å². The van der Waals surface area contributed by atoms with Crippen LogP contribution in [0.4, 0.5) is 5.82 Å². The Bertz CT molecular complexity index is 1060. The van der Waals surface area contributed by atoms with E-state index in [4.69, 9.17) is 20.8 Å². The van der Waals surface area contributed by atoms with E-state index in [1.54, 1.807) is 6.20 Å². The Morgan fingerprint density at radius 2 is 1.84 bits per heavy atom. The molecule has 0 saturated carbocycles. The largest absolute Gasteiger partial charge is 0.382 e. The highest BCUT2D eigenvalue weighted by atomic mass is 15.3. The zero-order valence-electron chi connectivity index (χ0n) is 19.5.